The number of allylic oxidation sites excluding steroid dienone is 2. The van der Waals surface area contributed by atoms with E-state index in [1.54, 1.807) is 0 Å². The maximum absolute atomic E-state index is 10.6. The lowest BCUT2D eigenvalue weighted by molar-refractivity contribution is -0.00116. The standard InChI is InChI=1S/C26H34N2O/c1-3-22(4-2)12-11-17-25(29)27-18-20-28(21-19-27)26(23-13-7-5-8-14-23)24-15-9-6-10-16-24/h3,5-11,13-17,22,25-26,29H,1,4,12,18-21H2,2H3/b17-11+. The first kappa shape index (κ1) is 21.5. The van der Waals surface area contributed by atoms with E-state index in [4.69, 9.17) is 0 Å². The SMILES string of the molecule is C=CC(CC)C/C=C/C(O)N1CCN(C(c2ccccc2)c2ccccc2)CC1. The minimum Gasteiger partial charge on any atom is -0.375 e. The van der Waals surface area contributed by atoms with Crippen LogP contribution < -0.4 is 0 Å². The van der Waals surface area contributed by atoms with Crippen molar-refractivity contribution in [3.8, 4) is 0 Å². The zero-order valence-electron chi connectivity index (χ0n) is 17.5. The van der Waals surface area contributed by atoms with Crippen molar-refractivity contribution in [2.75, 3.05) is 26.2 Å². The fourth-order valence-corrected chi connectivity index (χ4v) is 4.07. The van der Waals surface area contributed by atoms with Crippen molar-refractivity contribution in [3.63, 3.8) is 0 Å². The molecule has 2 atom stereocenters. The van der Waals surface area contributed by atoms with E-state index in [0.29, 0.717) is 5.92 Å². The van der Waals surface area contributed by atoms with Crippen molar-refractivity contribution >= 4 is 0 Å². The van der Waals surface area contributed by atoms with E-state index in [-0.39, 0.29) is 6.04 Å². The third-order valence-electron chi connectivity index (χ3n) is 5.92. The van der Waals surface area contributed by atoms with Crippen LogP contribution in [-0.4, -0.2) is 47.3 Å². The van der Waals surface area contributed by atoms with Crippen LogP contribution in [-0.2, 0) is 0 Å². The molecule has 1 aliphatic rings. The second-order valence-electron chi connectivity index (χ2n) is 7.78. The van der Waals surface area contributed by atoms with E-state index in [0.717, 1.165) is 39.0 Å². The average molecular weight is 391 g/mol. The summed E-state index contributed by atoms with van der Waals surface area (Å²) in [6, 6.07) is 21.7. The van der Waals surface area contributed by atoms with Crippen molar-refractivity contribution in [3.05, 3.63) is 96.6 Å². The van der Waals surface area contributed by atoms with Crippen LogP contribution in [0, 0.1) is 5.92 Å². The molecule has 1 saturated heterocycles. The summed E-state index contributed by atoms with van der Waals surface area (Å²) in [7, 11) is 0. The molecule has 0 aromatic heterocycles. The molecule has 1 N–H and O–H groups in total. The minimum atomic E-state index is -0.508. The molecule has 2 aromatic carbocycles. The summed E-state index contributed by atoms with van der Waals surface area (Å²) < 4.78 is 0. The van der Waals surface area contributed by atoms with Gasteiger partial charge in [0.1, 0.15) is 6.23 Å². The average Bonchev–Trinajstić information content (AvgIpc) is 2.79. The Hall–Kier alpha value is -2.20. The van der Waals surface area contributed by atoms with Crippen LogP contribution in [0.4, 0.5) is 0 Å². The Balaban J connectivity index is 1.63. The van der Waals surface area contributed by atoms with Crippen molar-refractivity contribution in [2.45, 2.75) is 32.0 Å². The summed E-state index contributed by atoms with van der Waals surface area (Å²) in [4.78, 5) is 4.69. The first-order chi connectivity index (χ1) is 14.2. The van der Waals surface area contributed by atoms with Gasteiger partial charge in [-0.05, 0) is 36.0 Å². The lowest BCUT2D eigenvalue weighted by Gasteiger charge is -2.40. The smallest absolute Gasteiger partial charge is 0.126 e. The molecule has 0 spiro atoms. The van der Waals surface area contributed by atoms with E-state index >= 15 is 0 Å². The topological polar surface area (TPSA) is 26.7 Å². The van der Waals surface area contributed by atoms with Crippen molar-refractivity contribution < 1.29 is 5.11 Å². The highest BCUT2D eigenvalue weighted by atomic mass is 16.3. The fraction of sp³-hybridized carbons (Fsp3) is 0.385. The summed E-state index contributed by atoms with van der Waals surface area (Å²) in [5, 5.41) is 10.6. The van der Waals surface area contributed by atoms with E-state index in [9.17, 15) is 5.11 Å². The summed E-state index contributed by atoms with van der Waals surface area (Å²) in [5.74, 6) is 0.493. The monoisotopic (exact) mass is 390 g/mol. The highest BCUT2D eigenvalue weighted by Crippen LogP contribution is 2.29. The van der Waals surface area contributed by atoms with Crippen LogP contribution >= 0.6 is 0 Å². The molecule has 1 aliphatic heterocycles. The Morgan fingerprint density at radius 2 is 1.41 bits per heavy atom. The first-order valence-corrected chi connectivity index (χ1v) is 10.8. The van der Waals surface area contributed by atoms with Gasteiger partial charge in [0.2, 0.25) is 0 Å². The van der Waals surface area contributed by atoms with E-state index in [2.05, 4.69) is 90.0 Å². The molecule has 3 rings (SSSR count). The molecule has 1 heterocycles. The maximum atomic E-state index is 10.6. The molecule has 154 valence electrons. The molecule has 3 heteroatoms. The van der Waals surface area contributed by atoms with Crippen molar-refractivity contribution in [1.29, 1.82) is 0 Å². The van der Waals surface area contributed by atoms with Crippen LogP contribution in [0.15, 0.2) is 85.5 Å². The van der Waals surface area contributed by atoms with Gasteiger partial charge >= 0.3 is 0 Å². The minimum absolute atomic E-state index is 0.255. The summed E-state index contributed by atoms with van der Waals surface area (Å²) in [6.07, 6.45) is 7.57. The second-order valence-corrected chi connectivity index (χ2v) is 7.78. The normalized spacial score (nSPS) is 18.2. The van der Waals surface area contributed by atoms with E-state index in [1.807, 2.05) is 12.2 Å². The van der Waals surface area contributed by atoms with Gasteiger partial charge in [-0.25, -0.2) is 0 Å². The summed E-state index contributed by atoms with van der Waals surface area (Å²) >= 11 is 0. The van der Waals surface area contributed by atoms with Gasteiger partial charge in [0, 0.05) is 26.2 Å². The molecule has 0 radical (unpaired) electrons. The Morgan fingerprint density at radius 3 is 1.90 bits per heavy atom. The number of piperazine rings is 1. The molecule has 1 fully saturated rings. The number of aliphatic hydroxyl groups is 1. The number of benzene rings is 2. The molecule has 0 saturated carbocycles. The number of hydrogen-bond donors (Lipinski definition) is 1. The van der Waals surface area contributed by atoms with Gasteiger partial charge < -0.3 is 5.11 Å². The van der Waals surface area contributed by atoms with Gasteiger partial charge in [0.05, 0.1) is 6.04 Å². The second kappa shape index (κ2) is 11.1. The van der Waals surface area contributed by atoms with Gasteiger partial charge in [0.25, 0.3) is 0 Å². The molecule has 0 aliphatic carbocycles. The zero-order chi connectivity index (χ0) is 20.5. The highest BCUT2D eigenvalue weighted by Gasteiger charge is 2.27. The van der Waals surface area contributed by atoms with Crippen LogP contribution in [0.2, 0.25) is 0 Å². The molecule has 0 amide bonds. The fourth-order valence-electron chi connectivity index (χ4n) is 4.07. The van der Waals surface area contributed by atoms with E-state index in [1.165, 1.54) is 11.1 Å². The lowest BCUT2D eigenvalue weighted by atomic mass is 9.96. The quantitative estimate of drug-likeness (QED) is 0.619. The predicted octanol–water partition coefficient (Wildman–Crippen LogP) is 4.87. The Kier molecular flexibility index (Phi) is 8.24. The van der Waals surface area contributed by atoms with Gasteiger partial charge in [-0.1, -0.05) is 79.7 Å². The molecule has 0 bridgehead atoms. The van der Waals surface area contributed by atoms with Crippen molar-refractivity contribution in [1.82, 2.24) is 9.80 Å². The zero-order valence-corrected chi connectivity index (χ0v) is 17.5. The molecular weight excluding hydrogens is 356 g/mol. The number of hydrogen-bond acceptors (Lipinski definition) is 3. The third-order valence-corrected chi connectivity index (χ3v) is 5.92. The molecule has 2 aromatic rings. The first-order valence-electron chi connectivity index (χ1n) is 10.8. The summed E-state index contributed by atoms with van der Waals surface area (Å²) in [6.45, 7) is 9.65. The third kappa shape index (κ3) is 5.89. The molecular formula is C26H34N2O. The van der Waals surface area contributed by atoms with Crippen LogP contribution in [0.1, 0.15) is 36.9 Å². The number of rotatable bonds is 9. The highest BCUT2D eigenvalue weighted by molar-refractivity contribution is 5.32. The maximum Gasteiger partial charge on any atom is 0.126 e. The Morgan fingerprint density at radius 1 is 0.897 bits per heavy atom. The predicted molar refractivity (Wildman–Crippen MR) is 122 cm³/mol. The van der Waals surface area contributed by atoms with Gasteiger partial charge in [-0.3, -0.25) is 9.80 Å². The largest absolute Gasteiger partial charge is 0.375 e. The van der Waals surface area contributed by atoms with Gasteiger partial charge in [0.15, 0.2) is 0 Å². The van der Waals surface area contributed by atoms with Gasteiger partial charge in [-0.2, -0.15) is 0 Å². The molecule has 3 nitrogen and oxygen atoms in total. The molecule has 2 unspecified atom stereocenters. The lowest BCUT2D eigenvalue weighted by Crippen LogP contribution is -2.50. The Labute approximate surface area is 176 Å². The van der Waals surface area contributed by atoms with Crippen LogP contribution in [0.25, 0.3) is 0 Å². The molecule has 29 heavy (non-hydrogen) atoms. The Bertz CT molecular complexity index is 711. The van der Waals surface area contributed by atoms with Crippen molar-refractivity contribution in [2.24, 2.45) is 5.92 Å². The number of aliphatic hydroxyl groups excluding tert-OH is 1. The summed E-state index contributed by atoms with van der Waals surface area (Å²) in [5.41, 5.74) is 2.64. The van der Waals surface area contributed by atoms with Crippen LogP contribution in [0.5, 0.6) is 0 Å². The van der Waals surface area contributed by atoms with Gasteiger partial charge in [-0.15, -0.1) is 6.58 Å². The van der Waals surface area contributed by atoms with Crippen LogP contribution in [0.3, 0.4) is 0 Å². The van der Waals surface area contributed by atoms with E-state index < -0.39 is 6.23 Å². The number of nitrogens with zero attached hydrogens (tertiary/aromatic N) is 2.